The van der Waals surface area contributed by atoms with Gasteiger partial charge in [0.15, 0.2) is 17.5 Å². The first-order chi connectivity index (χ1) is 11.6. The van der Waals surface area contributed by atoms with Crippen molar-refractivity contribution in [2.45, 2.75) is 19.5 Å². The van der Waals surface area contributed by atoms with Crippen molar-refractivity contribution in [2.24, 2.45) is 4.99 Å². The second-order valence-electron chi connectivity index (χ2n) is 5.16. The highest BCUT2D eigenvalue weighted by Crippen LogP contribution is 2.37. The number of halogens is 1. The number of phenolic OH excluding ortho intramolecular Hbond substituents is 1. The topological polar surface area (TPSA) is 75.1 Å². The van der Waals surface area contributed by atoms with E-state index in [0.717, 1.165) is 5.56 Å². The Labute approximate surface area is 169 Å². The number of thiophene rings is 1. The number of methoxy groups -OCH3 is 2. The zero-order valence-electron chi connectivity index (χ0n) is 14.7. The Kier molecular flexibility index (Phi) is 8.84. The molecule has 1 aromatic carbocycles. The predicted molar refractivity (Wildman–Crippen MR) is 113 cm³/mol. The normalized spacial score (nSPS) is 12.1. The van der Waals surface area contributed by atoms with Gasteiger partial charge in [0, 0.05) is 18.5 Å². The van der Waals surface area contributed by atoms with E-state index >= 15 is 0 Å². The molecular formula is C17H24IN3O3S. The fraction of sp³-hybridized carbons (Fsp3) is 0.353. The van der Waals surface area contributed by atoms with E-state index in [2.05, 4.69) is 34.0 Å². The summed E-state index contributed by atoms with van der Waals surface area (Å²) in [6.07, 6.45) is 0. The lowest BCUT2D eigenvalue weighted by Gasteiger charge is -2.17. The van der Waals surface area contributed by atoms with E-state index in [0.29, 0.717) is 24.0 Å². The Morgan fingerprint density at radius 3 is 2.40 bits per heavy atom. The standard InChI is InChI=1S/C17H23N3O3S.HI/c1-11(15-6-5-7-24-15)20-17(18-2)19-10-12-8-13(22-3)16(21)14(9-12)23-4;/h5-9,11,21H,10H2,1-4H3,(H2,18,19,20);1H. The lowest BCUT2D eigenvalue weighted by Crippen LogP contribution is -2.38. The van der Waals surface area contributed by atoms with Crippen molar-refractivity contribution in [3.8, 4) is 17.2 Å². The maximum atomic E-state index is 9.96. The zero-order chi connectivity index (χ0) is 17.5. The Morgan fingerprint density at radius 1 is 1.28 bits per heavy atom. The second kappa shape index (κ2) is 10.3. The fourth-order valence-corrected chi connectivity index (χ4v) is 2.98. The van der Waals surface area contributed by atoms with Gasteiger partial charge >= 0.3 is 0 Å². The summed E-state index contributed by atoms with van der Waals surface area (Å²) in [4.78, 5) is 5.48. The second-order valence-corrected chi connectivity index (χ2v) is 6.14. The van der Waals surface area contributed by atoms with Gasteiger partial charge in [-0.25, -0.2) is 0 Å². The number of benzene rings is 1. The third-order valence-corrected chi connectivity index (χ3v) is 4.60. The zero-order valence-corrected chi connectivity index (χ0v) is 17.8. The first kappa shape index (κ1) is 21.4. The molecule has 0 fully saturated rings. The highest BCUT2D eigenvalue weighted by atomic mass is 127. The molecule has 1 aromatic heterocycles. The molecule has 0 radical (unpaired) electrons. The van der Waals surface area contributed by atoms with E-state index in [1.807, 2.05) is 6.07 Å². The molecule has 3 N–H and O–H groups in total. The number of aromatic hydroxyl groups is 1. The molecule has 1 unspecified atom stereocenters. The number of hydrogen-bond donors (Lipinski definition) is 3. The van der Waals surface area contributed by atoms with Gasteiger partial charge in [-0.2, -0.15) is 0 Å². The van der Waals surface area contributed by atoms with Gasteiger partial charge in [-0.3, -0.25) is 4.99 Å². The minimum absolute atomic E-state index is 0. The number of nitrogens with zero attached hydrogens (tertiary/aromatic N) is 1. The van der Waals surface area contributed by atoms with Gasteiger partial charge in [-0.1, -0.05) is 6.07 Å². The van der Waals surface area contributed by atoms with Crippen LogP contribution < -0.4 is 20.1 Å². The van der Waals surface area contributed by atoms with Crippen molar-refractivity contribution < 1.29 is 14.6 Å². The van der Waals surface area contributed by atoms with E-state index in [4.69, 9.17) is 9.47 Å². The summed E-state index contributed by atoms with van der Waals surface area (Å²) in [5, 5.41) is 18.6. The third-order valence-electron chi connectivity index (χ3n) is 3.55. The molecule has 2 aromatic rings. The maximum absolute atomic E-state index is 9.96. The van der Waals surface area contributed by atoms with Crippen LogP contribution in [0.1, 0.15) is 23.4 Å². The van der Waals surface area contributed by atoms with Gasteiger partial charge < -0.3 is 25.2 Å². The molecule has 1 heterocycles. The first-order valence-electron chi connectivity index (χ1n) is 7.53. The van der Waals surface area contributed by atoms with Gasteiger partial charge in [0.05, 0.1) is 20.3 Å². The van der Waals surface area contributed by atoms with Crippen LogP contribution >= 0.6 is 35.3 Å². The SMILES string of the molecule is CN=C(NCc1cc(OC)c(O)c(OC)c1)NC(C)c1cccs1.I. The van der Waals surface area contributed by atoms with Crippen molar-refractivity contribution in [1.29, 1.82) is 0 Å². The van der Waals surface area contributed by atoms with Crippen molar-refractivity contribution in [3.05, 3.63) is 40.1 Å². The van der Waals surface area contributed by atoms with Gasteiger partial charge in [-0.15, -0.1) is 35.3 Å². The van der Waals surface area contributed by atoms with E-state index in [1.165, 1.54) is 19.1 Å². The number of phenols is 1. The summed E-state index contributed by atoms with van der Waals surface area (Å²) in [5.41, 5.74) is 0.910. The Morgan fingerprint density at radius 2 is 1.92 bits per heavy atom. The van der Waals surface area contributed by atoms with Crippen LogP contribution in [0.4, 0.5) is 0 Å². The third kappa shape index (κ3) is 5.67. The molecule has 0 saturated carbocycles. The maximum Gasteiger partial charge on any atom is 0.200 e. The summed E-state index contributed by atoms with van der Waals surface area (Å²) >= 11 is 1.70. The molecule has 8 heteroatoms. The molecule has 0 aliphatic heterocycles. The van der Waals surface area contributed by atoms with Crippen LogP contribution in [0.5, 0.6) is 17.2 Å². The molecule has 2 rings (SSSR count). The molecule has 138 valence electrons. The molecule has 25 heavy (non-hydrogen) atoms. The number of guanidine groups is 1. The average molecular weight is 477 g/mol. The average Bonchev–Trinajstić information content (AvgIpc) is 3.14. The van der Waals surface area contributed by atoms with Crippen LogP contribution in [-0.2, 0) is 6.54 Å². The lowest BCUT2D eigenvalue weighted by atomic mass is 10.2. The Balaban J connectivity index is 0.00000312. The largest absolute Gasteiger partial charge is 0.502 e. The highest BCUT2D eigenvalue weighted by Gasteiger charge is 2.12. The van der Waals surface area contributed by atoms with Crippen LogP contribution in [0.3, 0.4) is 0 Å². The monoisotopic (exact) mass is 477 g/mol. The molecule has 1 atom stereocenters. The van der Waals surface area contributed by atoms with Crippen LogP contribution in [0.15, 0.2) is 34.6 Å². The van der Waals surface area contributed by atoms with Crippen LogP contribution in [0.2, 0.25) is 0 Å². The summed E-state index contributed by atoms with van der Waals surface area (Å²) < 4.78 is 10.3. The van der Waals surface area contributed by atoms with Crippen LogP contribution in [-0.4, -0.2) is 32.3 Å². The van der Waals surface area contributed by atoms with Crippen molar-refractivity contribution in [3.63, 3.8) is 0 Å². The Bertz CT molecular complexity index is 667. The Hall–Kier alpha value is -1.68. The quantitative estimate of drug-likeness (QED) is 0.338. The molecule has 0 aliphatic carbocycles. The van der Waals surface area contributed by atoms with Crippen molar-refractivity contribution in [2.75, 3.05) is 21.3 Å². The minimum atomic E-state index is -0.00225. The van der Waals surface area contributed by atoms with Crippen LogP contribution in [0, 0.1) is 0 Å². The summed E-state index contributed by atoms with van der Waals surface area (Å²) in [5.74, 6) is 1.45. The van der Waals surface area contributed by atoms with Crippen molar-refractivity contribution >= 4 is 41.3 Å². The van der Waals surface area contributed by atoms with Gasteiger partial charge in [0.25, 0.3) is 0 Å². The number of rotatable bonds is 6. The lowest BCUT2D eigenvalue weighted by molar-refractivity contribution is 0.339. The molecule has 6 nitrogen and oxygen atoms in total. The molecule has 0 spiro atoms. The van der Waals surface area contributed by atoms with Crippen molar-refractivity contribution in [1.82, 2.24) is 10.6 Å². The molecule has 0 saturated heterocycles. The summed E-state index contributed by atoms with van der Waals surface area (Å²) in [6, 6.07) is 7.82. The van der Waals surface area contributed by atoms with E-state index in [-0.39, 0.29) is 35.8 Å². The minimum Gasteiger partial charge on any atom is -0.502 e. The molecule has 0 aliphatic rings. The summed E-state index contributed by atoms with van der Waals surface area (Å²) in [6.45, 7) is 2.61. The molecule has 0 bridgehead atoms. The number of aliphatic imine (C=N–C) groups is 1. The number of ether oxygens (including phenoxy) is 2. The van der Waals surface area contributed by atoms with Gasteiger partial charge in [0.1, 0.15) is 0 Å². The molecular weight excluding hydrogens is 453 g/mol. The number of hydrogen-bond acceptors (Lipinski definition) is 5. The van der Waals surface area contributed by atoms with Crippen LogP contribution in [0.25, 0.3) is 0 Å². The predicted octanol–water partition coefficient (Wildman–Crippen LogP) is 3.52. The summed E-state index contributed by atoms with van der Waals surface area (Å²) in [7, 11) is 4.75. The van der Waals surface area contributed by atoms with E-state index < -0.39 is 0 Å². The fourth-order valence-electron chi connectivity index (χ4n) is 2.24. The highest BCUT2D eigenvalue weighted by molar-refractivity contribution is 14.0. The number of nitrogens with one attached hydrogen (secondary N) is 2. The van der Waals surface area contributed by atoms with Gasteiger partial charge in [0.2, 0.25) is 5.75 Å². The van der Waals surface area contributed by atoms with E-state index in [9.17, 15) is 5.11 Å². The first-order valence-corrected chi connectivity index (χ1v) is 8.41. The van der Waals surface area contributed by atoms with Gasteiger partial charge in [-0.05, 0) is 36.1 Å². The van der Waals surface area contributed by atoms with E-state index in [1.54, 1.807) is 30.5 Å². The smallest absolute Gasteiger partial charge is 0.200 e. The molecule has 0 amide bonds.